The maximum atomic E-state index is 4.83. The molecule has 0 fully saturated rings. The molecule has 0 amide bonds. The number of hydrogen-bond donors (Lipinski definition) is 1. The van der Waals surface area contributed by atoms with Gasteiger partial charge in [0.05, 0.1) is 12.2 Å². The van der Waals surface area contributed by atoms with Crippen LogP contribution in [0.4, 0.5) is 0 Å². The van der Waals surface area contributed by atoms with Gasteiger partial charge in [0.15, 0.2) is 0 Å². The smallest absolute Gasteiger partial charge is 0.0983 e. The van der Waals surface area contributed by atoms with Crippen LogP contribution in [0.1, 0.15) is 31.4 Å². The zero-order valence-corrected chi connectivity index (χ0v) is 15.0. The van der Waals surface area contributed by atoms with Crippen molar-refractivity contribution >= 4 is 0 Å². The Labute approximate surface area is 149 Å². The minimum Gasteiger partial charge on any atom is -0.313 e. The van der Waals surface area contributed by atoms with E-state index in [1.165, 1.54) is 17.5 Å². The predicted octanol–water partition coefficient (Wildman–Crippen LogP) is 4.13. The lowest BCUT2D eigenvalue weighted by Crippen LogP contribution is -2.16. The summed E-state index contributed by atoms with van der Waals surface area (Å²) in [5, 5.41) is 8.37. The van der Waals surface area contributed by atoms with Gasteiger partial charge in [0.25, 0.3) is 0 Å². The van der Waals surface area contributed by atoms with Crippen molar-refractivity contribution in [1.82, 2.24) is 20.1 Å². The summed E-state index contributed by atoms with van der Waals surface area (Å²) in [5.74, 6) is 0.714. The number of hydrogen-bond acceptors (Lipinski definition) is 3. The fourth-order valence-electron chi connectivity index (χ4n) is 2.80. The van der Waals surface area contributed by atoms with Crippen LogP contribution in [0.3, 0.4) is 0 Å². The fraction of sp³-hybridized carbons (Fsp3) is 0.333. The maximum Gasteiger partial charge on any atom is 0.0983 e. The van der Waals surface area contributed by atoms with Gasteiger partial charge < -0.3 is 5.32 Å². The monoisotopic (exact) mass is 334 g/mol. The molecule has 4 nitrogen and oxygen atoms in total. The lowest BCUT2D eigenvalue weighted by Gasteiger charge is -2.07. The van der Waals surface area contributed by atoms with Gasteiger partial charge in [-0.25, -0.2) is 0 Å². The highest BCUT2D eigenvalue weighted by atomic mass is 15.3. The molecule has 0 spiro atoms. The molecule has 0 saturated carbocycles. The van der Waals surface area contributed by atoms with Crippen molar-refractivity contribution in [2.24, 2.45) is 5.92 Å². The van der Waals surface area contributed by atoms with Crippen molar-refractivity contribution in [3.63, 3.8) is 0 Å². The molecule has 3 rings (SSSR count). The van der Waals surface area contributed by atoms with Gasteiger partial charge >= 0.3 is 0 Å². The third-order valence-corrected chi connectivity index (χ3v) is 4.17. The van der Waals surface area contributed by atoms with Crippen molar-refractivity contribution in [2.75, 3.05) is 6.54 Å². The van der Waals surface area contributed by atoms with Gasteiger partial charge in [0, 0.05) is 36.3 Å². The Kier molecular flexibility index (Phi) is 5.96. The molecule has 1 aromatic carbocycles. The summed E-state index contributed by atoms with van der Waals surface area (Å²) in [5.41, 5.74) is 4.55. The second kappa shape index (κ2) is 8.58. The lowest BCUT2D eigenvalue weighted by atomic mass is 10.1. The predicted molar refractivity (Wildman–Crippen MR) is 102 cm³/mol. The van der Waals surface area contributed by atoms with Crippen LogP contribution in [0.25, 0.3) is 11.3 Å². The summed E-state index contributed by atoms with van der Waals surface area (Å²) in [6.07, 6.45) is 7.01. The van der Waals surface area contributed by atoms with E-state index >= 15 is 0 Å². The van der Waals surface area contributed by atoms with Crippen LogP contribution in [-0.4, -0.2) is 21.3 Å². The molecular formula is C21H26N4. The average Bonchev–Trinajstić information content (AvgIpc) is 3.03. The molecule has 130 valence electrons. The molecule has 0 atom stereocenters. The highest BCUT2D eigenvalue weighted by Crippen LogP contribution is 2.21. The number of benzene rings is 1. The SMILES string of the molecule is CC(C)CCNCc1cn(Cc2ccccc2)nc1-c1cccnc1. The van der Waals surface area contributed by atoms with Crippen LogP contribution >= 0.6 is 0 Å². The Morgan fingerprint density at radius 3 is 2.64 bits per heavy atom. The van der Waals surface area contributed by atoms with E-state index in [1.54, 1.807) is 6.20 Å². The van der Waals surface area contributed by atoms with Gasteiger partial charge in [-0.3, -0.25) is 9.67 Å². The van der Waals surface area contributed by atoms with E-state index in [0.29, 0.717) is 5.92 Å². The Bertz CT molecular complexity index is 763. The molecule has 0 unspecified atom stereocenters. The van der Waals surface area contributed by atoms with E-state index in [4.69, 9.17) is 5.10 Å². The normalized spacial score (nSPS) is 11.2. The van der Waals surface area contributed by atoms with Crippen molar-refractivity contribution < 1.29 is 0 Å². The summed E-state index contributed by atoms with van der Waals surface area (Å²) < 4.78 is 2.02. The van der Waals surface area contributed by atoms with Crippen molar-refractivity contribution in [3.05, 3.63) is 72.2 Å². The minimum absolute atomic E-state index is 0.714. The topological polar surface area (TPSA) is 42.7 Å². The van der Waals surface area contributed by atoms with Gasteiger partial charge in [0.2, 0.25) is 0 Å². The van der Waals surface area contributed by atoms with Gasteiger partial charge in [-0.05, 0) is 36.6 Å². The molecule has 1 N–H and O–H groups in total. The fourth-order valence-corrected chi connectivity index (χ4v) is 2.80. The van der Waals surface area contributed by atoms with Crippen LogP contribution in [0.15, 0.2) is 61.1 Å². The van der Waals surface area contributed by atoms with Crippen LogP contribution in [-0.2, 0) is 13.1 Å². The summed E-state index contributed by atoms with van der Waals surface area (Å²) in [7, 11) is 0. The van der Waals surface area contributed by atoms with Crippen molar-refractivity contribution in [3.8, 4) is 11.3 Å². The number of pyridine rings is 1. The standard InChI is InChI=1S/C21H26N4/c1-17(2)10-12-23-14-20-16-25(15-18-7-4-3-5-8-18)24-21(20)19-9-6-11-22-13-19/h3-9,11,13,16-17,23H,10,12,14-15H2,1-2H3. The van der Waals surface area contributed by atoms with Crippen LogP contribution in [0.5, 0.6) is 0 Å². The number of aromatic nitrogens is 3. The number of nitrogens with one attached hydrogen (secondary N) is 1. The molecule has 25 heavy (non-hydrogen) atoms. The summed E-state index contributed by atoms with van der Waals surface area (Å²) >= 11 is 0. The molecule has 0 aliphatic carbocycles. The second-order valence-corrected chi connectivity index (χ2v) is 6.79. The largest absolute Gasteiger partial charge is 0.313 e. The van der Waals surface area contributed by atoms with Gasteiger partial charge in [0.1, 0.15) is 0 Å². The minimum atomic E-state index is 0.714. The molecule has 2 heterocycles. The molecule has 0 radical (unpaired) electrons. The lowest BCUT2D eigenvalue weighted by molar-refractivity contribution is 0.537. The maximum absolute atomic E-state index is 4.83. The molecule has 0 saturated heterocycles. The molecule has 0 aliphatic heterocycles. The van der Waals surface area contributed by atoms with Gasteiger partial charge in [-0.1, -0.05) is 44.2 Å². The first-order valence-corrected chi connectivity index (χ1v) is 8.93. The van der Waals surface area contributed by atoms with E-state index in [0.717, 1.165) is 30.9 Å². The van der Waals surface area contributed by atoms with E-state index in [2.05, 4.69) is 60.7 Å². The quantitative estimate of drug-likeness (QED) is 0.630. The van der Waals surface area contributed by atoms with E-state index in [9.17, 15) is 0 Å². The van der Waals surface area contributed by atoms with Gasteiger partial charge in [-0.2, -0.15) is 5.10 Å². The van der Waals surface area contributed by atoms with E-state index in [-0.39, 0.29) is 0 Å². The molecule has 4 heteroatoms. The first-order valence-electron chi connectivity index (χ1n) is 8.93. The third-order valence-electron chi connectivity index (χ3n) is 4.17. The number of nitrogens with zero attached hydrogens (tertiary/aromatic N) is 3. The second-order valence-electron chi connectivity index (χ2n) is 6.79. The average molecular weight is 334 g/mol. The summed E-state index contributed by atoms with van der Waals surface area (Å²) in [6.45, 7) is 7.13. The molecule has 3 aromatic rings. The first kappa shape index (κ1) is 17.4. The van der Waals surface area contributed by atoms with E-state index in [1.807, 2.05) is 23.0 Å². The van der Waals surface area contributed by atoms with E-state index < -0.39 is 0 Å². The van der Waals surface area contributed by atoms with Crippen LogP contribution < -0.4 is 5.32 Å². The van der Waals surface area contributed by atoms with Gasteiger partial charge in [-0.15, -0.1) is 0 Å². The Balaban J connectivity index is 1.78. The molecule has 0 bridgehead atoms. The zero-order valence-electron chi connectivity index (χ0n) is 15.0. The summed E-state index contributed by atoms with van der Waals surface area (Å²) in [4.78, 5) is 4.25. The third kappa shape index (κ3) is 5.00. The number of rotatable bonds is 8. The Hall–Kier alpha value is -2.46. The highest BCUT2D eigenvalue weighted by molar-refractivity contribution is 5.61. The van der Waals surface area contributed by atoms with Crippen LogP contribution in [0, 0.1) is 5.92 Å². The summed E-state index contributed by atoms with van der Waals surface area (Å²) in [6, 6.07) is 14.5. The first-order chi connectivity index (χ1) is 12.2. The van der Waals surface area contributed by atoms with Crippen molar-refractivity contribution in [2.45, 2.75) is 33.4 Å². The van der Waals surface area contributed by atoms with Crippen molar-refractivity contribution in [1.29, 1.82) is 0 Å². The Morgan fingerprint density at radius 2 is 1.92 bits per heavy atom. The highest BCUT2D eigenvalue weighted by Gasteiger charge is 2.11. The molecular weight excluding hydrogens is 308 g/mol. The van der Waals surface area contributed by atoms with Crippen LogP contribution in [0.2, 0.25) is 0 Å². The molecule has 2 aromatic heterocycles. The zero-order chi connectivity index (χ0) is 17.5. The Morgan fingerprint density at radius 1 is 1.08 bits per heavy atom. The molecule has 0 aliphatic rings.